The fourth-order valence-electron chi connectivity index (χ4n) is 2.39. The zero-order valence-corrected chi connectivity index (χ0v) is 12.7. The number of rotatable bonds is 6. The van der Waals surface area contributed by atoms with Gasteiger partial charge in [0, 0.05) is 0 Å². The molecule has 4 heteroatoms. The molecule has 0 aliphatic carbocycles. The highest BCUT2D eigenvalue weighted by molar-refractivity contribution is 6.31. The standard InChI is InChI=1S/C17H19ClFNO/c1-21-15-6-2-4-12(10-15)8-13(11-20)9-14-5-3-7-16(19)17(14)18/h2-7,10,13H,8-9,11,20H2,1H3. The summed E-state index contributed by atoms with van der Waals surface area (Å²) in [4.78, 5) is 0. The van der Waals surface area contributed by atoms with Gasteiger partial charge in [0.1, 0.15) is 11.6 Å². The Hall–Kier alpha value is -1.58. The van der Waals surface area contributed by atoms with E-state index in [-0.39, 0.29) is 16.8 Å². The van der Waals surface area contributed by atoms with Gasteiger partial charge in [-0.2, -0.15) is 0 Å². The zero-order valence-electron chi connectivity index (χ0n) is 12.0. The highest BCUT2D eigenvalue weighted by atomic mass is 35.5. The van der Waals surface area contributed by atoms with Crippen molar-refractivity contribution in [2.24, 2.45) is 11.7 Å². The molecule has 1 atom stereocenters. The predicted molar refractivity (Wildman–Crippen MR) is 84.4 cm³/mol. The normalized spacial score (nSPS) is 12.2. The summed E-state index contributed by atoms with van der Waals surface area (Å²) in [6.07, 6.45) is 1.46. The summed E-state index contributed by atoms with van der Waals surface area (Å²) in [6, 6.07) is 12.8. The Morgan fingerprint density at radius 1 is 1.19 bits per heavy atom. The molecular formula is C17H19ClFNO. The van der Waals surface area contributed by atoms with Crippen molar-refractivity contribution in [3.8, 4) is 5.75 Å². The highest BCUT2D eigenvalue weighted by Crippen LogP contribution is 2.24. The summed E-state index contributed by atoms with van der Waals surface area (Å²) >= 11 is 6.01. The molecule has 112 valence electrons. The van der Waals surface area contributed by atoms with Crippen LogP contribution in [0.25, 0.3) is 0 Å². The molecule has 0 radical (unpaired) electrons. The molecule has 0 aliphatic heterocycles. The molecule has 21 heavy (non-hydrogen) atoms. The van der Waals surface area contributed by atoms with Crippen molar-refractivity contribution in [3.63, 3.8) is 0 Å². The van der Waals surface area contributed by atoms with Crippen LogP contribution in [0.4, 0.5) is 4.39 Å². The van der Waals surface area contributed by atoms with Gasteiger partial charge in [0.25, 0.3) is 0 Å². The topological polar surface area (TPSA) is 35.2 Å². The predicted octanol–water partition coefficient (Wildman–Crippen LogP) is 3.85. The SMILES string of the molecule is COc1cccc(CC(CN)Cc2cccc(F)c2Cl)c1. The number of hydrogen-bond acceptors (Lipinski definition) is 2. The van der Waals surface area contributed by atoms with Gasteiger partial charge >= 0.3 is 0 Å². The van der Waals surface area contributed by atoms with Gasteiger partial charge in [-0.3, -0.25) is 0 Å². The molecule has 0 aromatic heterocycles. The monoisotopic (exact) mass is 307 g/mol. The van der Waals surface area contributed by atoms with Crippen molar-refractivity contribution in [1.29, 1.82) is 0 Å². The second-order valence-corrected chi connectivity index (χ2v) is 5.45. The zero-order chi connectivity index (χ0) is 15.2. The molecule has 1 unspecified atom stereocenters. The Balaban J connectivity index is 2.11. The Kier molecular flexibility index (Phi) is 5.59. The summed E-state index contributed by atoms with van der Waals surface area (Å²) in [5.74, 6) is 0.648. The van der Waals surface area contributed by atoms with Crippen LogP contribution in [0.15, 0.2) is 42.5 Å². The van der Waals surface area contributed by atoms with E-state index in [0.717, 1.165) is 23.3 Å². The quantitative estimate of drug-likeness (QED) is 0.880. The molecule has 2 N–H and O–H groups in total. The van der Waals surface area contributed by atoms with Gasteiger partial charge in [-0.25, -0.2) is 4.39 Å². The van der Waals surface area contributed by atoms with Gasteiger partial charge in [0.2, 0.25) is 0 Å². The first-order chi connectivity index (χ1) is 10.1. The van der Waals surface area contributed by atoms with E-state index in [0.29, 0.717) is 13.0 Å². The first-order valence-corrected chi connectivity index (χ1v) is 7.27. The minimum atomic E-state index is -0.383. The minimum absolute atomic E-state index is 0.196. The second-order valence-electron chi connectivity index (χ2n) is 5.07. The smallest absolute Gasteiger partial charge is 0.142 e. The van der Waals surface area contributed by atoms with Crippen LogP contribution in [0, 0.1) is 11.7 Å². The molecule has 2 nitrogen and oxygen atoms in total. The molecule has 2 rings (SSSR count). The molecule has 2 aromatic rings. The van der Waals surface area contributed by atoms with E-state index in [1.807, 2.05) is 30.3 Å². The Bertz CT molecular complexity index is 603. The summed E-state index contributed by atoms with van der Waals surface area (Å²) < 4.78 is 18.7. The van der Waals surface area contributed by atoms with Crippen LogP contribution < -0.4 is 10.5 Å². The third-order valence-electron chi connectivity index (χ3n) is 3.53. The van der Waals surface area contributed by atoms with E-state index >= 15 is 0 Å². The maximum atomic E-state index is 13.5. The fourth-order valence-corrected chi connectivity index (χ4v) is 2.59. The molecule has 0 saturated carbocycles. The van der Waals surface area contributed by atoms with Crippen LogP contribution >= 0.6 is 11.6 Å². The first kappa shape index (κ1) is 15.8. The Morgan fingerprint density at radius 3 is 2.67 bits per heavy atom. The average molecular weight is 308 g/mol. The lowest BCUT2D eigenvalue weighted by atomic mass is 9.92. The summed E-state index contributed by atoms with van der Waals surface area (Å²) in [5.41, 5.74) is 7.81. The summed E-state index contributed by atoms with van der Waals surface area (Å²) in [6.45, 7) is 0.518. The van der Waals surface area contributed by atoms with Gasteiger partial charge in [0.05, 0.1) is 12.1 Å². The lowest BCUT2D eigenvalue weighted by Crippen LogP contribution is -2.19. The van der Waals surface area contributed by atoms with Crippen LogP contribution in [0.1, 0.15) is 11.1 Å². The fraction of sp³-hybridized carbons (Fsp3) is 0.294. The number of benzene rings is 2. The summed E-state index contributed by atoms with van der Waals surface area (Å²) in [5, 5.41) is 0.196. The van der Waals surface area contributed by atoms with Crippen molar-refractivity contribution in [2.45, 2.75) is 12.8 Å². The second kappa shape index (κ2) is 7.43. The minimum Gasteiger partial charge on any atom is -0.497 e. The van der Waals surface area contributed by atoms with Gasteiger partial charge in [0.15, 0.2) is 0 Å². The van der Waals surface area contributed by atoms with Gasteiger partial charge in [-0.15, -0.1) is 0 Å². The highest BCUT2D eigenvalue weighted by Gasteiger charge is 2.13. The Morgan fingerprint density at radius 2 is 1.95 bits per heavy atom. The molecule has 0 aliphatic rings. The third kappa shape index (κ3) is 4.19. The molecule has 0 bridgehead atoms. The molecule has 0 spiro atoms. The lowest BCUT2D eigenvalue weighted by Gasteiger charge is -2.16. The number of methoxy groups -OCH3 is 1. The van der Waals surface area contributed by atoms with E-state index in [1.54, 1.807) is 13.2 Å². The van der Waals surface area contributed by atoms with Crippen molar-refractivity contribution in [1.82, 2.24) is 0 Å². The van der Waals surface area contributed by atoms with Gasteiger partial charge in [-0.1, -0.05) is 35.9 Å². The van der Waals surface area contributed by atoms with Crippen LogP contribution in [0.3, 0.4) is 0 Å². The van der Waals surface area contributed by atoms with Gasteiger partial charge < -0.3 is 10.5 Å². The number of halogens is 2. The molecular weight excluding hydrogens is 289 g/mol. The molecule has 0 fully saturated rings. The van der Waals surface area contributed by atoms with Crippen molar-refractivity contribution in [2.75, 3.05) is 13.7 Å². The van der Waals surface area contributed by atoms with Crippen molar-refractivity contribution >= 4 is 11.6 Å². The third-order valence-corrected chi connectivity index (χ3v) is 3.96. The van der Waals surface area contributed by atoms with Crippen LogP contribution in [-0.4, -0.2) is 13.7 Å². The van der Waals surface area contributed by atoms with E-state index < -0.39 is 0 Å². The summed E-state index contributed by atoms with van der Waals surface area (Å²) in [7, 11) is 1.64. The van der Waals surface area contributed by atoms with Crippen LogP contribution in [0.2, 0.25) is 5.02 Å². The number of hydrogen-bond donors (Lipinski definition) is 1. The van der Waals surface area contributed by atoms with Crippen molar-refractivity contribution < 1.29 is 9.13 Å². The van der Waals surface area contributed by atoms with E-state index in [1.165, 1.54) is 6.07 Å². The maximum Gasteiger partial charge on any atom is 0.142 e. The first-order valence-electron chi connectivity index (χ1n) is 6.90. The van der Waals surface area contributed by atoms with Crippen molar-refractivity contribution in [3.05, 3.63) is 64.4 Å². The molecule has 0 saturated heterocycles. The van der Waals surface area contributed by atoms with Crippen LogP contribution in [-0.2, 0) is 12.8 Å². The van der Waals surface area contributed by atoms with E-state index in [4.69, 9.17) is 22.1 Å². The van der Waals surface area contributed by atoms with E-state index in [9.17, 15) is 4.39 Å². The van der Waals surface area contributed by atoms with Gasteiger partial charge in [-0.05, 0) is 54.6 Å². The molecule has 2 aromatic carbocycles. The number of nitrogens with two attached hydrogens (primary N) is 1. The Labute approximate surface area is 129 Å². The molecule has 0 amide bonds. The largest absolute Gasteiger partial charge is 0.497 e. The average Bonchev–Trinajstić information content (AvgIpc) is 2.51. The van der Waals surface area contributed by atoms with E-state index in [2.05, 4.69) is 0 Å². The molecule has 0 heterocycles. The maximum absolute atomic E-state index is 13.5. The van der Waals surface area contributed by atoms with Crippen LogP contribution in [0.5, 0.6) is 5.75 Å². The number of ether oxygens (including phenoxy) is 1. The lowest BCUT2D eigenvalue weighted by molar-refractivity contribution is 0.413.